The normalized spacial score (nSPS) is 16.9. The Morgan fingerprint density at radius 1 is 1.16 bits per heavy atom. The van der Waals surface area contributed by atoms with Gasteiger partial charge in [-0.2, -0.15) is 13.2 Å². The molecule has 3 aromatic rings. The minimum absolute atomic E-state index is 0.136. The predicted octanol–water partition coefficient (Wildman–Crippen LogP) is 4.99. The number of benzene rings is 2. The van der Waals surface area contributed by atoms with Crippen LogP contribution in [0.2, 0.25) is 0 Å². The molecule has 1 aromatic heterocycles. The number of hydrogen-bond donors (Lipinski definition) is 1. The summed E-state index contributed by atoms with van der Waals surface area (Å²) in [5, 5.41) is 9.28. The number of ether oxygens (including phenoxy) is 1. The highest BCUT2D eigenvalue weighted by molar-refractivity contribution is 5.73. The molecular formula is C23H21F3N2O4. The molecular weight excluding hydrogens is 425 g/mol. The molecule has 1 fully saturated rings. The fraction of sp³-hybridized carbons (Fsp3) is 0.304. The van der Waals surface area contributed by atoms with Crippen molar-refractivity contribution in [1.82, 2.24) is 9.88 Å². The van der Waals surface area contributed by atoms with Crippen molar-refractivity contribution in [1.29, 1.82) is 0 Å². The van der Waals surface area contributed by atoms with Crippen LogP contribution in [0, 0.1) is 0 Å². The minimum atomic E-state index is -4.39. The van der Waals surface area contributed by atoms with Gasteiger partial charge in [-0.05, 0) is 61.3 Å². The van der Waals surface area contributed by atoms with Crippen LogP contribution in [-0.4, -0.2) is 33.5 Å². The number of oxazole rings is 1. The fourth-order valence-electron chi connectivity index (χ4n) is 3.69. The Hall–Kier alpha value is -3.33. The van der Waals surface area contributed by atoms with Gasteiger partial charge in [0, 0.05) is 12.1 Å². The molecule has 1 aliphatic heterocycles. The number of rotatable bonds is 7. The van der Waals surface area contributed by atoms with Crippen molar-refractivity contribution >= 4 is 5.97 Å². The highest BCUT2D eigenvalue weighted by Crippen LogP contribution is 2.31. The summed E-state index contributed by atoms with van der Waals surface area (Å²) in [6, 6.07) is 11.6. The molecule has 1 unspecified atom stereocenters. The molecule has 0 radical (unpaired) electrons. The molecule has 0 bridgehead atoms. The van der Waals surface area contributed by atoms with E-state index in [-0.39, 0.29) is 12.5 Å². The van der Waals surface area contributed by atoms with Crippen molar-refractivity contribution in [3.05, 3.63) is 71.6 Å². The third-order valence-electron chi connectivity index (χ3n) is 5.36. The monoisotopic (exact) mass is 446 g/mol. The number of alkyl halides is 3. The van der Waals surface area contributed by atoms with Gasteiger partial charge in [-0.25, -0.2) is 4.98 Å². The van der Waals surface area contributed by atoms with E-state index in [1.807, 2.05) is 17.0 Å². The van der Waals surface area contributed by atoms with Crippen LogP contribution in [0.15, 0.2) is 59.2 Å². The van der Waals surface area contributed by atoms with Gasteiger partial charge in [0.2, 0.25) is 5.89 Å². The number of aliphatic carboxylic acids is 1. The lowest BCUT2D eigenvalue weighted by Gasteiger charge is -2.21. The summed E-state index contributed by atoms with van der Waals surface area (Å²) in [5.74, 6) is 0.0426. The molecule has 0 aliphatic carbocycles. The van der Waals surface area contributed by atoms with Gasteiger partial charge in [-0.3, -0.25) is 9.69 Å². The van der Waals surface area contributed by atoms with Crippen molar-refractivity contribution in [2.45, 2.75) is 38.2 Å². The van der Waals surface area contributed by atoms with Crippen LogP contribution in [0.3, 0.4) is 0 Å². The zero-order valence-electron chi connectivity index (χ0n) is 17.0. The lowest BCUT2D eigenvalue weighted by Crippen LogP contribution is -2.35. The van der Waals surface area contributed by atoms with Gasteiger partial charge < -0.3 is 14.3 Å². The maximum absolute atomic E-state index is 12.7. The highest BCUT2D eigenvalue weighted by Gasteiger charge is 2.31. The summed E-state index contributed by atoms with van der Waals surface area (Å²) in [5.41, 5.74) is 1.21. The zero-order chi connectivity index (χ0) is 22.7. The maximum atomic E-state index is 12.7. The minimum Gasteiger partial charge on any atom is -0.487 e. The second-order valence-corrected chi connectivity index (χ2v) is 7.62. The first-order valence-electron chi connectivity index (χ1n) is 10.1. The van der Waals surface area contributed by atoms with Crippen LogP contribution in [0.5, 0.6) is 5.75 Å². The number of carboxylic acids is 1. The molecule has 2 aromatic carbocycles. The van der Waals surface area contributed by atoms with E-state index in [9.17, 15) is 23.1 Å². The number of nitrogens with zero attached hydrogens (tertiary/aromatic N) is 2. The Morgan fingerprint density at radius 2 is 1.88 bits per heavy atom. The summed E-state index contributed by atoms with van der Waals surface area (Å²) in [7, 11) is 0. The van der Waals surface area contributed by atoms with Gasteiger partial charge >= 0.3 is 12.1 Å². The van der Waals surface area contributed by atoms with Gasteiger partial charge in [0.1, 0.15) is 30.4 Å². The summed E-state index contributed by atoms with van der Waals surface area (Å²) in [6.45, 7) is 1.47. The Kier molecular flexibility index (Phi) is 6.18. The Bertz CT molecular complexity index is 1060. The Balaban J connectivity index is 1.32. The van der Waals surface area contributed by atoms with Crippen molar-refractivity contribution in [2.24, 2.45) is 0 Å². The van der Waals surface area contributed by atoms with E-state index < -0.39 is 23.8 Å². The van der Waals surface area contributed by atoms with E-state index in [4.69, 9.17) is 9.15 Å². The first-order chi connectivity index (χ1) is 15.3. The van der Waals surface area contributed by atoms with E-state index in [1.54, 1.807) is 12.1 Å². The number of carbonyl (C=O) groups is 1. The summed E-state index contributed by atoms with van der Waals surface area (Å²) in [4.78, 5) is 17.5. The lowest BCUT2D eigenvalue weighted by molar-refractivity contribution is -0.142. The lowest BCUT2D eigenvalue weighted by atomic mass is 10.1. The molecule has 32 heavy (non-hydrogen) atoms. The number of carboxylic acid groups (broad SMARTS) is 1. The molecule has 0 spiro atoms. The van der Waals surface area contributed by atoms with Crippen LogP contribution >= 0.6 is 0 Å². The molecule has 0 saturated carbocycles. The second kappa shape index (κ2) is 9.04. The van der Waals surface area contributed by atoms with E-state index in [0.717, 1.165) is 30.7 Å². The third-order valence-corrected chi connectivity index (χ3v) is 5.36. The average Bonchev–Trinajstić information content (AvgIpc) is 3.42. The number of halogens is 3. The van der Waals surface area contributed by atoms with E-state index >= 15 is 0 Å². The Labute approximate surface area is 182 Å². The molecule has 4 rings (SSSR count). The smallest absolute Gasteiger partial charge is 0.416 e. The molecule has 6 nitrogen and oxygen atoms in total. The van der Waals surface area contributed by atoms with Gasteiger partial charge in [-0.1, -0.05) is 12.1 Å². The van der Waals surface area contributed by atoms with Gasteiger partial charge in [0.15, 0.2) is 0 Å². The van der Waals surface area contributed by atoms with Gasteiger partial charge in [0.25, 0.3) is 0 Å². The van der Waals surface area contributed by atoms with E-state index in [1.165, 1.54) is 18.4 Å². The van der Waals surface area contributed by atoms with E-state index in [2.05, 4.69) is 4.98 Å². The molecule has 2 heterocycles. The third kappa shape index (κ3) is 5.11. The maximum Gasteiger partial charge on any atom is 0.416 e. The van der Waals surface area contributed by atoms with Crippen molar-refractivity contribution in [3.63, 3.8) is 0 Å². The first kappa shape index (κ1) is 21.9. The van der Waals surface area contributed by atoms with E-state index in [0.29, 0.717) is 30.0 Å². The summed E-state index contributed by atoms with van der Waals surface area (Å²) in [6.07, 6.45) is -1.44. The number of likely N-dealkylation sites (tertiary alicyclic amines) is 1. The van der Waals surface area contributed by atoms with Gasteiger partial charge in [0.05, 0.1) is 5.56 Å². The van der Waals surface area contributed by atoms with Crippen LogP contribution in [0.4, 0.5) is 13.2 Å². The average molecular weight is 446 g/mol. The first-order valence-corrected chi connectivity index (χ1v) is 10.1. The van der Waals surface area contributed by atoms with Crippen molar-refractivity contribution in [2.75, 3.05) is 6.54 Å². The zero-order valence-corrected chi connectivity index (χ0v) is 17.0. The van der Waals surface area contributed by atoms with Crippen LogP contribution in [0.25, 0.3) is 11.5 Å². The number of aromatic nitrogens is 1. The molecule has 9 heteroatoms. The summed E-state index contributed by atoms with van der Waals surface area (Å²) < 4.78 is 49.1. The highest BCUT2D eigenvalue weighted by atomic mass is 19.4. The van der Waals surface area contributed by atoms with Crippen LogP contribution in [0.1, 0.15) is 29.7 Å². The second-order valence-electron chi connectivity index (χ2n) is 7.62. The molecule has 168 valence electrons. The molecule has 1 N–H and O–H groups in total. The van der Waals surface area contributed by atoms with Crippen molar-refractivity contribution in [3.8, 4) is 17.2 Å². The topological polar surface area (TPSA) is 75.8 Å². The summed E-state index contributed by atoms with van der Waals surface area (Å²) >= 11 is 0. The largest absolute Gasteiger partial charge is 0.487 e. The number of hydrogen-bond acceptors (Lipinski definition) is 5. The molecule has 1 aliphatic rings. The van der Waals surface area contributed by atoms with Crippen LogP contribution in [-0.2, 0) is 24.1 Å². The molecule has 0 amide bonds. The molecule has 1 saturated heterocycles. The SMILES string of the molecule is O=C(O)C1CCCN1Cc1ccc(OCc2coc(-c3ccc(C(F)(F)F)cc3)n2)cc1. The Morgan fingerprint density at radius 3 is 2.53 bits per heavy atom. The fourth-order valence-corrected chi connectivity index (χ4v) is 3.69. The van der Waals surface area contributed by atoms with Gasteiger partial charge in [-0.15, -0.1) is 0 Å². The molecule has 1 atom stereocenters. The quantitative estimate of drug-likeness (QED) is 0.551. The predicted molar refractivity (Wildman–Crippen MR) is 109 cm³/mol. The van der Waals surface area contributed by atoms with Crippen LogP contribution < -0.4 is 4.74 Å². The standard InChI is InChI=1S/C23H21F3N2O4/c24-23(25,26)17-7-5-16(6-8-17)21-27-18(14-32-21)13-31-19-9-3-15(4-10-19)12-28-11-1-2-20(28)22(29)30/h3-10,14,20H,1-2,11-13H2,(H,29,30). The van der Waals surface area contributed by atoms with Crippen molar-refractivity contribution < 1.29 is 32.2 Å².